The molecule has 2 fully saturated rings. The zero-order valence-corrected chi connectivity index (χ0v) is 12.9. The second-order valence-electron chi connectivity index (χ2n) is 5.15. The Bertz CT molecular complexity index is 812. The quantitative estimate of drug-likeness (QED) is 0.442. The van der Waals surface area contributed by atoms with E-state index in [1.165, 1.54) is 17.2 Å². The van der Waals surface area contributed by atoms with Gasteiger partial charge in [0.25, 0.3) is 0 Å². The molecule has 2 saturated heterocycles. The predicted molar refractivity (Wildman–Crippen MR) is 77.1 cm³/mol. The Hall–Kier alpha value is -1.60. The molecule has 0 saturated carbocycles. The summed E-state index contributed by atoms with van der Waals surface area (Å²) in [6.07, 6.45) is -1.78. The first-order chi connectivity index (χ1) is 11.5. The highest BCUT2D eigenvalue weighted by Crippen LogP contribution is 2.58. The molecule has 4 rings (SSSR count). The fourth-order valence-corrected chi connectivity index (χ4v) is 3.48. The minimum Gasteiger partial charge on any atom is -0.394 e. The van der Waals surface area contributed by atoms with Gasteiger partial charge in [0.2, 0.25) is 0 Å². The molecule has 127 valence electrons. The maximum atomic E-state index is 11.9. The largest absolute Gasteiger partial charge is 0.505 e. The number of rotatable bonds is 4. The van der Waals surface area contributed by atoms with Crippen molar-refractivity contribution in [1.29, 1.82) is 0 Å². The normalized spacial score (nSPS) is 31.8. The molecule has 2 aromatic rings. The van der Waals surface area contributed by atoms with E-state index in [1.807, 2.05) is 0 Å². The third-order valence-electron chi connectivity index (χ3n) is 3.75. The van der Waals surface area contributed by atoms with Gasteiger partial charge in [0.05, 0.1) is 12.9 Å². The van der Waals surface area contributed by atoms with Crippen LogP contribution in [-0.4, -0.2) is 62.3 Å². The Morgan fingerprint density at radius 3 is 2.88 bits per heavy atom. The second kappa shape index (κ2) is 5.74. The zero-order valence-electron chi connectivity index (χ0n) is 12.0. The van der Waals surface area contributed by atoms with Gasteiger partial charge in [-0.3, -0.25) is 9.09 Å². The summed E-state index contributed by atoms with van der Waals surface area (Å²) >= 11 is 0. The molecular formula is C10H12BN5O7P. The van der Waals surface area contributed by atoms with Crippen molar-refractivity contribution in [2.24, 2.45) is 0 Å². The van der Waals surface area contributed by atoms with Gasteiger partial charge in [-0.05, 0) is 0 Å². The van der Waals surface area contributed by atoms with Crippen LogP contribution < -0.4 is 5.73 Å². The van der Waals surface area contributed by atoms with Gasteiger partial charge in [-0.25, -0.2) is 19.5 Å². The molecule has 2 aliphatic rings. The Morgan fingerprint density at radius 2 is 2.21 bits per heavy atom. The van der Waals surface area contributed by atoms with E-state index < -0.39 is 39.0 Å². The second-order valence-corrected chi connectivity index (χ2v) is 6.67. The van der Waals surface area contributed by atoms with Crippen molar-refractivity contribution in [3.05, 3.63) is 12.7 Å². The van der Waals surface area contributed by atoms with E-state index in [0.29, 0.717) is 11.2 Å². The van der Waals surface area contributed by atoms with Crippen LogP contribution in [0, 0.1) is 0 Å². The number of ether oxygens (including phenoxy) is 1. The summed E-state index contributed by atoms with van der Waals surface area (Å²) in [5, 5.41) is 20.0. The maximum absolute atomic E-state index is 11.9. The lowest BCUT2D eigenvalue weighted by molar-refractivity contribution is -0.0511. The molecule has 2 aliphatic heterocycles. The predicted octanol–water partition coefficient (Wildman–Crippen LogP) is -1.27. The number of nitrogens with zero attached hydrogens (tertiary/aromatic N) is 4. The van der Waals surface area contributed by atoms with E-state index in [4.69, 9.17) is 15.0 Å². The van der Waals surface area contributed by atoms with Crippen LogP contribution in [0.2, 0.25) is 0 Å². The number of anilines is 1. The molecule has 4 heterocycles. The summed E-state index contributed by atoms with van der Waals surface area (Å²) in [5.41, 5.74) is 6.40. The van der Waals surface area contributed by atoms with E-state index in [1.54, 1.807) is 0 Å². The fraction of sp³-hybridized carbons (Fsp3) is 0.500. The molecule has 0 spiro atoms. The smallest absolute Gasteiger partial charge is 0.394 e. The van der Waals surface area contributed by atoms with Gasteiger partial charge in [0, 0.05) is 0 Å². The first kappa shape index (κ1) is 15.9. The number of aromatic nitrogens is 4. The van der Waals surface area contributed by atoms with Crippen LogP contribution in [0.1, 0.15) is 6.23 Å². The van der Waals surface area contributed by atoms with E-state index in [-0.39, 0.29) is 5.82 Å². The highest BCUT2D eigenvalue weighted by molar-refractivity contribution is 7.53. The Morgan fingerprint density at radius 1 is 1.42 bits per heavy atom. The molecule has 0 amide bonds. The average Bonchev–Trinajstić information content (AvgIpc) is 3.09. The topological polar surface area (TPSA) is 164 Å². The molecule has 12 nitrogen and oxygen atoms in total. The van der Waals surface area contributed by atoms with Crippen LogP contribution in [0.4, 0.5) is 5.82 Å². The Kier molecular flexibility index (Phi) is 3.80. The van der Waals surface area contributed by atoms with Gasteiger partial charge in [0.15, 0.2) is 17.7 Å². The molecule has 4 atom stereocenters. The first-order valence-electron chi connectivity index (χ1n) is 6.87. The highest BCUT2D eigenvalue weighted by atomic mass is 31.2. The zero-order chi connectivity index (χ0) is 16.9. The summed E-state index contributed by atoms with van der Waals surface area (Å²) in [6.45, 7) is -0.480. The monoisotopic (exact) mass is 356 g/mol. The van der Waals surface area contributed by atoms with Crippen LogP contribution >= 0.6 is 7.82 Å². The number of phosphoric acid groups is 1. The van der Waals surface area contributed by atoms with Gasteiger partial charge in [-0.1, -0.05) is 0 Å². The fourth-order valence-electron chi connectivity index (χ4n) is 2.59. The third kappa shape index (κ3) is 2.42. The van der Waals surface area contributed by atoms with Crippen molar-refractivity contribution in [2.75, 3.05) is 12.3 Å². The number of nitrogen functional groups attached to an aromatic ring is 1. The van der Waals surface area contributed by atoms with E-state index in [0.717, 1.165) is 7.69 Å². The molecule has 0 aliphatic carbocycles. The Labute approximate surface area is 135 Å². The minimum atomic E-state index is -3.77. The molecule has 14 heteroatoms. The summed E-state index contributed by atoms with van der Waals surface area (Å²) in [4.78, 5) is 12.0. The number of fused-ring (bicyclic) bond motifs is 1. The van der Waals surface area contributed by atoms with Crippen molar-refractivity contribution >= 4 is 32.5 Å². The first-order valence-corrected chi connectivity index (χ1v) is 8.33. The van der Waals surface area contributed by atoms with Crippen LogP contribution in [0.3, 0.4) is 0 Å². The molecule has 0 bridgehead atoms. The van der Waals surface area contributed by atoms with Gasteiger partial charge in [0.1, 0.15) is 30.2 Å². The third-order valence-corrected chi connectivity index (χ3v) is 4.94. The minimum absolute atomic E-state index is 0.175. The van der Waals surface area contributed by atoms with E-state index >= 15 is 0 Å². The number of nitrogens with two attached hydrogens (primary N) is 1. The van der Waals surface area contributed by atoms with Crippen molar-refractivity contribution in [1.82, 2.24) is 19.5 Å². The molecule has 1 radical (unpaired) electrons. The van der Waals surface area contributed by atoms with Crippen LogP contribution in [0.15, 0.2) is 12.7 Å². The summed E-state index contributed by atoms with van der Waals surface area (Å²) < 4.78 is 33.3. The van der Waals surface area contributed by atoms with Gasteiger partial charge in [-0.2, -0.15) is 0 Å². The van der Waals surface area contributed by atoms with Crippen LogP contribution in [0.25, 0.3) is 11.2 Å². The summed E-state index contributed by atoms with van der Waals surface area (Å²) in [7, 11) is -2.91. The summed E-state index contributed by atoms with van der Waals surface area (Å²) in [5.74, 6) is 0.175. The molecule has 0 unspecified atom stereocenters. The molecule has 4 N–H and O–H groups in total. The van der Waals surface area contributed by atoms with E-state index in [2.05, 4.69) is 23.8 Å². The molecule has 0 aromatic carbocycles. The maximum Gasteiger partial charge on any atom is 0.505 e. The number of aliphatic hydroxyl groups excluding tert-OH is 2. The van der Waals surface area contributed by atoms with Crippen molar-refractivity contribution in [2.45, 2.75) is 24.5 Å². The highest BCUT2D eigenvalue weighted by Gasteiger charge is 2.51. The SMILES string of the molecule is Nc1ncnc2c1ncn2[C@@H]1O[C@H](CO)[C@@H](OP2(=O)O[B]O2)[C@H]1O. The average molecular weight is 356 g/mol. The van der Waals surface area contributed by atoms with Gasteiger partial charge >= 0.3 is 15.5 Å². The molecule has 2 aromatic heterocycles. The number of imidazole rings is 1. The van der Waals surface area contributed by atoms with Crippen LogP contribution in [0.5, 0.6) is 0 Å². The lowest BCUT2D eigenvalue weighted by Crippen LogP contribution is -2.37. The van der Waals surface area contributed by atoms with Gasteiger partial charge in [-0.15, -0.1) is 0 Å². The van der Waals surface area contributed by atoms with Crippen LogP contribution in [-0.2, 0) is 22.7 Å². The lowest BCUT2D eigenvalue weighted by atomic mass is 10.1. The molecular weight excluding hydrogens is 344 g/mol. The number of hydrogen-bond donors (Lipinski definition) is 3. The van der Waals surface area contributed by atoms with Crippen molar-refractivity contribution in [3.8, 4) is 0 Å². The molecule has 24 heavy (non-hydrogen) atoms. The van der Waals surface area contributed by atoms with Crippen molar-refractivity contribution in [3.63, 3.8) is 0 Å². The Balaban J connectivity index is 1.65. The number of hydrogen-bond acceptors (Lipinski definition) is 11. The van der Waals surface area contributed by atoms with E-state index in [9.17, 15) is 14.8 Å². The van der Waals surface area contributed by atoms with Crippen molar-refractivity contribution < 1.29 is 32.9 Å². The number of aliphatic hydroxyl groups is 2. The lowest BCUT2D eigenvalue weighted by Gasteiger charge is -2.29. The van der Waals surface area contributed by atoms with Gasteiger partial charge < -0.3 is 29.6 Å². The standard InChI is InChI=1S/C10H12BN5O7P/c12-8-5-9(14-2-13-8)16(3-15-5)10-6(18)7(4(1-17)20-10)21-24(19)22-11-23-24/h2-4,6-7,10,17-18H,1H2,(H2,12,13,14)/t4-,6-,7-,10-/m1/s1. The summed E-state index contributed by atoms with van der Waals surface area (Å²) in [6, 6.07) is 0.